The summed E-state index contributed by atoms with van der Waals surface area (Å²) in [4.78, 5) is 0. The van der Waals surface area contributed by atoms with E-state index in [1.54, 1.807) is 13.2 Å². The number of rotatable bonds is 4. The van der Waals surface area contributed by atoms with Crippen LogP contribution in [0.5, 0.6) is 17.2 Å². The summed E-state index contributed by atoms with van der Waals surface area (Å²) in [7, 11) is 1.60. The van der Waals surface area contributed by atoms with Crippen molar-refractivity contribution in [2.75, 3.05) is 7.11 Å². The topological polar surface area (TPSA) is 53.5 Å². The summed E-state index contributed by atoms with van der Waals surface area (Å²) in [6, 6.07) is 9.17. The van der Waals surface area contributed by atoms with Crippen molar-refractivity contribution in [1.82, 2.24) is 9.19 Å². The molecule has 0 atom stereocenters. The predicted octanol–water partition coefficient (Wildman–Crippen LogP) is 4.72. The van der Waals surface area contributed by atoms with Crippen LogP contribution in [0.1, 0.15) is 23.8 Å². The quantitative estimate of drug-likeness (QED) is 0.517. The molecule has 140 valence electrons. The molecule has 4 rings (SSSR count). The third kappa shape index (κ3) is 3.32. The van der Waals surface area contributed by atoms with E-state index in [9.17, 15) is 0 Å². The third-order valence-electron chi connectivity index (χ3n) is 4.34. The van der Waals surface area contributed by atoms with Crippen LogP contribution in [0.3, 0.4) is 0 Å². The molecule has 2 heterocycles. The molecule has 0 amide bonds. The van der Waals surface area contributed by atoms with Crippen LogP contribution >= 0.6 is 23.2 Å². The molecule has 0 radical (unpaired) electrons. The first-order valence-corrected chi connectivity index (χ1v) is 10.6. The molecule has 1 aromatic heterocycles. The Morgan fingerprint density at radius 3 is 2.78 bits per heavy atom. The first-order chi connectivity index (χ1) is 12.9. The summed E-state index contributed by atoms with van der Waals surface area (Å²) in [5.74, 6) is 1.85. The van der Waals surface area contributed by atoms with Gasteiger partial charge in [-0.15, -0.1) is 0 Å². The number of benzene rings is 2. The maximum absolute atomic E-state index is 6.25. The van der Waals surface area contributed by atoms with Crippen LogP contribution in [0.15, 0.2) is 30.3 Å². The van der Waals surface area contributed by atoms with E-state index < -0.39 is 5.60 Å². The summed E-state index contributed by atoms with van der Waals surface area (Å²) in [5, 5.41) is 5.32. The fraction of sp³-hybridized carbons (Fsp3) is 0.263. The van der Waals surface area contributed by atoms with Crippen molar-refractivity contribution in [2.45, 2.75) is 26.1 Å². The number of halogens is 2. The van der Waals surface area contributed by atoms with Crippen LogP contribution in [0, 0.1) is 0 Å². The van der Waals surface area contributed by atoms with Gasteiger partial charge < -0.3 is 0 Å². The Kier molecular flexibility index (Phi) is 4.85. The van der Waals surface area contributed by atoms with Gasteiger partial charge in [-0.1, -0.05) is 0 Å². The molecule has 0 spiro atoms. The first kappa shape index (κ1) is 18.6. The first-order valence-electron chi connectivity index (χ1n) is 8.20. The molecule has 0 bridgehead atoms. The van der Waals surface area contributed by atoms with Crippen LogP contribution < -0.4 is 14.2 Å². The van der Waals surface area contributed by atoms with Crippen LogP contribution in [-0.4, -0.2) is 31.0 Å². The molecule has 27 heavy (non-hydrogen) atoms. The van der Waals surface area contributed by atoms with Crippen molar-refractivity contribution in [2.24, 2.45) is 0 Å². The van der Waals surface area contributed by atoms with Gasteiger partial charge in [-0.05, 0) is 0 Å². The molecule has 5 nitrogen and oxygen atoms in total. The Morgan fingerprint density at radius 2 is 2.00 bits per heavy atom. The summed E-state index contributed by atoms with van der Waals surface area (Å²) in [6.45, 7) is 4.31. The minimum absolute atomic E-state index is 0.0394. The van der Waals surface area contributed by atoms with Crippen molar-refractivity contribution < 1.29 is 14.2 Å². The average molecular weight is 470 g/mol. The summed E-state index contributed by atoms with van der Waals surface area (Å²) >= 11 is 12.3. The zero-order valence-corrected chi connectivity index (χ0v) is 18.1. The Balaban J connectivity index is 1.70. The molecule has 3 aromatic rings. The van der Waals surface area contributed by atoms with E-state index in [0.717, 1.165) is 21.3 Å². The van der Waals surface area contributed by atoms with Crippen molar-refractivity contribution in [3.63, 3.8) is 0 Å². The van der Waals surface area contributed by atoms with Crippen LogP contribution in [0.4, 0.5) is 0 Å². The van der Waals surface area contributed by atoms with Gasteiger partial charge in [0.2, 0.25) is 0 Å². The van der Waals surface area contributed by atoms with Gasteiger partial charge in [-0.2, -0.15) is 0 Å². The number of hydrogen-bond donors (Lipinski definition) is 0. The Hall–Kier alpha value is -1.72. The van der Waals surface area contributed by atoms with Gasteiger partial charge in [0.15, 0.2) is 0 Å². The fourth-order valence-electron chi connectivity index (χ4n) is 2.98. The average Bonchev–Trinajstić information content (AvgIpc) is 3.13. The molecule has 0 saturated carbocycles. The number of methoxy groups -OCH3 is 1. The standard InChI is InChI=1S/C19H16Cl2N2O3Se/c1-19(2)18-17(22-23-27-18)11-7-14(24-3)15(8-13(11)26-19)25-9-10-5-4-6-12(20)16(10)21/h4-8H,9H2,1-3H3. The Morgan fingerprint density at radius 1 is 1.19 bits per heavy atom. The second-order valence-electron chi connectivity index (χ2n) is 6.56. The molecule has 2 aromatic carbocycles. The van der Waals surface area contributed by atoms with Crippen LogP contribution in [-0.2, 0) is 12.2 Å². The number of fused-ring (bicyclic) bond motifs is 3. The number of aromatic nitrogens is 2. The molecular formula is C19H16Cl2N2O3Se. The van der Waals surface area contributed by atoms with Gasteiger partial charge in [0.05, 0.1) is 0 Å². The van der Waals surface area contributed by atoms with E-state index in [4.69, 9.17) is 37.4 Å². The van der Waals surface area contributed by atoms with Crippen molar-refractivity contribution in [1.29, 1.82) is 0 Å². The molecule has 0 unspecified atom stereocenters. The molecule has 0 saturated heterocycles. The third-order valence-corrected chi connectivity index (χ3v) is 7.36. The van der Waals surface area contributed by atoms with E-state index in [0.29, 0.717) is 27.3 Å². The van der Waals surface area contributed by atoms with E-state index in [-0.39, 0.29) is 21.3 Å². The normalized spacial score (nSPS) is 14.1. The second-order valence-corrected chi connectivity index (χ2v) is 8.93. The van der Waals surface area contributed by atoms with Crippen molar-refractivity contribution in [3.8, 4) is 28.5 Å². The molecule has 0 aliphatic carbocycles. The molecule has 1 aliphatic rings. The number of ether oxygens (including phenoxy) is 3. The molecule has 1 aliphatic heterocycles. The van der Waals surface area contributed by atoms with Gasteiger partial charge in [0.1, 0.15) is 0 Å². The summed E-state index contributed by atoms with van der Waals surface area (Å²) < 4.78 is 23.1. The van der Waals surface area contributed by atoms with Gasteiger partial charge in [0, 0.05) is 0 Å². The summed E-state index contributed by atoms with van der Waals surface area (Å²) in [6.07, 6.45) is 0. The molecular weight excluding hydrogens is 454 g/mol. The van der Waals surface area contributed by atoms with Gasteiger partial charge in [-0.3, -0.25) is 0 Å². The van der Waals surface area contributed by atoms with E-state index in [2.05, 4.69) is 9.19 Å². The predicted molar refractivity (Wildman–Crippen MR) is 105 cm³/mol. The summed E-state index contributed by atoms with van der Waals surface area (Å²) in [5.41, 5.74) is 2.09. The van der Waals surface area contributed by atoms with E-state index in [1.165, 1.54) is 0 Å². The number of nitrogens with zero attached hydrogens (tertiary/aromatic N) is 2. The van der Waals surface area contributed by atoms with E-state index in [1.807, 2.05) is 38.1 Å². The monoisotopic (exact) mass is 470 g/mol. The van der Waals surface area contributed by atoms with Crippen molar-refractivity contribution >= 4 is 37.9 Å². The zero-order valence-electron chi connectivity index (χ0n) is 14.9. The SMILES string of the molecule is COc1cc2c(cc1OCc1cccc(Cl)c1Cl)OC(C)(C)c1[se]nnc1-2. The second kappa shape index (κ2) is 7.02. The van der Waals surface area contributed by atoms with Gasteiger partial charge in [-0.25, -0.2) is 0 Å². The minimum atomic E-state index is -0.450. The number of hydrogen-bond acceptors (Lipinski definition) is 5. The van der Waals surface area contributed by atoms with Gasteiger partial charge >= 0.3 is 173 Å². The Labute approximate surface area is 173 Å². The van der Waals surface area contributed by atoms with Crippen LogP contribution in [0.25, 0.3) is 11.3 Å². The molecule has 0 N–H and O–H groups in total. The van der Waals surface area contributed by atoms with E-state index >= 15 is 0 Å². The van der Waals surface area contributed by atoms with Gasteiger partial charge in [0.25, 0.3) is 0 Å². The maximum atomic E-state index is 6.25. The van der Waals surface area contributed by atoms with Crippen LogP contribution in [0.2, 0.25) is 10.0 Å². The van der Waals surface area contributed by atoms with Crippen molar-refractivity contribution in [3.05, 3.63) is 50.4 Å². The fourth-order valence-corrected chi connectivity index (χ4v) is 4.83. The zero-order chi connectivity index (χ0) is 19.2. The molecule has 8 heteroatoms. The Bertz CT molecular complexity index is 1020. The molecule has 0 fully saturated rings.